The second-order valence-electron chi connectivity index (χ2n) is 4.47. The monoisotopic (exact) mass is 202 g/mol. The lowest BCUT2D eigenvalue weighted by atomic mass is 9.93. The third-order valence-corrected chi connectivity index (χ3v) is 4.28. The lowest BCUT2D eigenvalue weighted by Crippen LogP contribution is -2.13. The van der Waals surface area contributed by atoms with Crippen LogP contribution in [0.5, 0.6) is 0 Å². The summed E-state index contributed by atoms with van der Waals surface area (Å²) < 4.78 is 0. The molecule has 0 amide bonds. The lowest BCUT2D eigenvalue weighted by molar-refractivity contribution is 0.407. The minimum atomic E-state index is 0.440. The van der Waals surface area contributed by atoms with E-state index in [1.54, 1.807) is 0 Å². The highest BCUT2D eigenvalue weighted by Gasteiger charge is 2.22. The standard InChI is InChI=1S/C12H23Cl/c1-3-10-6-5-7-11(9-8-10)12(13)4-2/h10-12H,3-9H2,1-2H3. The molecule has 0 saturated heterocycles. The van der Waals surface area contributed by atoms with Crippen LogP contribution in [0.25, 0.3) is 0 Å². The Bertz CT molecular complexity index is 133. The molecule has 0 radical (unpaired) electrons. The first-order valence-corrected chi connectivity index (χ1v) is 6.35. The summed E-state index contributed by atoms with van der Waals surface area (Å²) in [5.41, 5.74) is 0. The summed E-state index contributed by atoms with van der Waals surface area (Å²) in [5.74, 6) is 1.80. The van der Waals surface area contributed by atoms with Gasteiger partial charge in [-0.1, -0.05) is 39.5 Å². The van der Waals surface area contributed by atoms with Crippen molar-refractivity contribution in [2.24, 2.45) is 11.8 Å². The third kappa shape index (κ3) is 3.50. The van der Waals surface area contributed by atoms with Gasteiger partial charge in [0.1, 0.15) is 0 Å². The molecule has 0 bridgehead atoms. The Labute approximate surface area is 88.1 Å². The molecule has 1 rings (SSSR count). The van der Waals surface area contributed by atoms with Crippen LogP contribution < -0.4 is 0 Å². The van der Waals surface area contributed by atoms with Gasteiger partial charge in [0.2, 0.25) is 0 Å². The van der Waals surface area contributed by atoms with Crippen molar-refractivity contribution in [2.75, 3.05) is 0 Å². The van der Waals surface area contributed by atoms with Crippen molar-refractivity contribution in [2.45, 2.75) is 64.2 Å². The molecular weight excluding hydrogens is 180 g/mol. The fourth-order valence-corrected chi connectivity index (χ4v) is 2.76. The first-order valence-electron chi connectivity index (χ1n) is 5.92. The fourth-order valence-electron chi connectivity index (χ4n) is 2.51. The maximum atomic E-state index is 6.31. The summed E-state index contributed by atoms with van der Waals surface area (Å²) in [6.45, 7) is 4.53. The van der Waals surface area contributed by atoms with Crippen LogP contribution in [0.2, 0.25) is 0 Å². The first kappa shape index (κ1) is 11.4. The average Bonchev–Trinajstić information content (AvgIpc) is 2.41. The van der Waals surface area contributed by atoms with E-state index in [9.17, 15) is 0 Å². The molecule has 1 aliphatic carbocycles. The molecule has 0 spiro atoms. The van der Waals surface area contributed by atoms with Crippen molar-refractivity contribution in [1.82, 2.24) is 0 Å². The van der Waals surface area contributed by atoms with Crippen molar-refractivity contribution in [3.63, 3.8) is 0 Å². The zero-order chi connectivity index (χ0) is 9.68. The van der Waals surface area contributed by atoms with Gasteiger partial charge >= 0.3 is 0 Å². The van der Waals surface area contributed by atoms with Crippen molar-refractivity contribution < 1.29 is 0 Å². The second-order valence-corrected chi connectivity index (χ2v) is 5.03. The third-order valence-electron chi connectivity index (χ3n) is 3.61. The molecule has 0 N–H and O–H groups in total. The first-order chi connectivity index (χ1) is 6.27. The number of hydrogen-bond donors (Lipinski definition) is 0. The van der Waals surface area contributed by atoms with Crippen molar-refractivity contribution >= 4 is 11.6 Å². The Balaban J connectivity index is 2.35. The number of halogens is 1. The van der Waals surface area contributed by atoms with Crippen molar-refractivity contribution in [3.8, 4) is 0 Å². The van der Waals surface area contributed by atoms with Crippen LogP contribution in [0.4, 0.5) is 0 Å². The molecule has 0 nitrogen and oxygen atoms in total. The minimum Gasteiger partial charge on any atom is -0.123 e. The molecule has 13 heavy (non-hydrogen) atoms. The normalized spacial score (nSPS) is 32.5. The largest absolute Gasteiger partial charge is 0.123 e. The van der Waals surface area contributed by atoms with Crippen LogP contribution in [0.15, 0.2) is 0 Å². The van der Waals surface area contributed by atoms with Crippen molar-refractivity contribution in [3.05, 3.63) is 0 Å². The predicted molar refractivity (Wildman–Crippen MR) is 60.3 cm³/mol. The summed E-state index contributed by atoms with van der Waals surface area (Å²) in [4.78, 5) is 0. The van der Waals surface area contributed by atoms with E-state index in [4.69, 9.17) is 11.6 Å². The highest BCUT2D eigenvalue weighted by atomic mass is 35.5. The van der Waals surface area contributed by atoms with Gasteiger partial charge in [-0.2, -0.15) is 0 Å². The number of rotatable bonds is 3. The van der Waals surface area contributed by atoms with Gasteiger partial charge in [-0.15, -0.1) is 11.6 Å². The lowest BCUT2D eigenvalue weighted by Gasteiger charge is -2.18. The second kappa shape index (κ2) is 5.90. The van der Waals surface area contributed by atoms with E-state index < -0.39 is 0 Å². The van der Waals surface area contributed by atoms with Crippen LogP contribution in [0.3, 0.4) is 0 Å². The minimum absolute atomic E-state index is 0.440. The molecule has 0 aromatic heterocycles. The zero-order valence-corrected chi connectivity index (χ0v) is 9.82. The molecule has 0 heterocycles. The van der Waals surface area contributed by atoms with E-state index in [-0.39, 0.29) is 0 Å². The predicted octanol–water partition coefficient (Wildman–Crippen LogP) is 4.61. The SMILES string of the molecule is CCC1CCCC(C(Cl)CC)CC1. The van der Waals surface area contributed by atoms with E-state index in [0.717, 1.165) is 18.3 Å². The van der Waals surface area contributed by atoms with E-state index in [1.807, 2.05) is 0 Å². The molecule has 78 valence electrons. The number of alkyl halides is 1. The van der Waals surface area contributed by atoms with Gasteiger partial charge in [-0.05, 0) is 31.1 Å². The van der Waals surface area contributed by atoms with Gasteiger partial charge in [0, 0.05) is 5.38 Å². The zero-order valence-electron chi connectivity index (χ0n) is 9.06. The van der Waals surface area contributed by atoms with Gasteiger partial charge < -0.3 is 0 Å². The molecule has 0 aromatic carbocycles. The molecule has 3 unspecified atom stereocenters. The maximum Gasteiger partial charge on any atom is 0.0361 e. The molecule has 0 aromatic rings. The molecule has 1 saturated carbocycles. The average molecular weight is 203 g/mol. The van der Waals surface area contributed by atoms with E-state index in [2.05, 4.69) is 13.8 Å². The molecule has 3 atom stereocenters. The Kier molecular flexibility index (Phi) is 5.16. The van der Waals surface area contributed by atoms with Gasteiger partial charge in [-0.3, -0.25) is 0 Å². The smallest absolute Gasteiger partial charge is 0.0361 e. The quantitative estimate of drug-likeness (QED) is 0.463. The van der Waals surface area contributed by atoms with Gasteiger partial charge in [-0.25, -0.2) is 0 Å². The molecular formula is C12H23Cl. The van der Waals surface area contributed by atoms with Crippen LogP contribution in [0, 0.1) is 11.8 Å². The Morgan fingerprint density at radius 1 is 1.15 bits per heavy atom. The highest BCUT2D eigenvalue weighted by molar-refractivity contribution is 6.20. The molecule has 1 fully saturated rings. The molecule has 0 aliphatic heterocycles. The summed E-state index contributed by atoms with van der Waals surface area (Å²) >= 11 is 6.31. The Morgan fingerprint density at radius 2 is 1.92 bits per heavy atom. The van der Waals surface area contributed by atoms with E-state index >= 15 is 0 Å². The molecule has 1 heteroatoms. The van der Waals surface area contributed by atoms with E-state index in [1.165, 1.54) is 38.5 Å². The van der Waals surface area contributed by atoms with Gasteiger partial charge in [0.15, 0.2) is 0 Å². The highest BCUT2D eigenvalue weighted by Crippen LogP contribution is 2.33. The summed E-state index contributed by atoms with van der Waals surface area (Å²) in [6.07, 6.45) is 9.53. The van der Waals surface area contributed by atoms with Gasteiger partial charge in [0.05, 0.1) is 0 Å². The number of hydrogen-bond acceptors (Lipinski definition) is 0. The van der Waals surface area contributed by atoms with Gasteiger partial charge in [0.25, 0.3) is 0 Å². The fraction of sp³-hybridized carbons (Fsp3) is 1.00. The summed E-state index contributed by atoms with van der Waals surface area (Å²) in [6, 6.07) is 0. The van der Waals surface area contributed by atoms with Crippen LogP contribution in [-0.2, 0) is 0 Å². The molecule has 1 aliphatic rings. The Morgan fingerprint density at radius 3 is 2.54 bits per heavy atom. The van der Waals surface area contributed by atoms with Crippen LogP contribution in [0.1, 0.15) is 58.8 Å². The summed E-state index contributed by atoms with van der Waals surface area (Å²) in [5, 5.41) is 0.440. The maximum absolute atomic E-state index is 6.31. The van der Waals surface area contributed by atoms with Crippen molar-refractivity contribution in [1.29, 1.82) is 0 Å². The van der Waals surface area contributed by atoms with Crippen LogP contribution >= 0.6 is 11.6 Å². The van der Waals surface area contributed by atoms with E-state index in [0.29, 0.717) is 5.38 Å². The van der Waals surface area contributed by atoms with Crippen LogP contribution in [-0.4, -0.2) is 5.38 Å². The topological polar surface area (TPSA) is 0 Å². The Hall–Kier alpha value is 0.290. The summed E-state index contributed by atoms with van der Waals surface area (Å²) in [7, 11) is 0.